The predicted octanol–water partition coefficient (Wildman–Crippen LogP) is 6.06. The van der Waals surface area contributed by atoms with Gasteiger partial charge < -0.3 is 24.0 Å². The molecular formula is C34H32F3N3O7S. The second kappa shape index (κ2) is 13.9. The van der Waals surface area contributed by atoms with Gasteiger partial charge in [0.1, 0.15) is 28.2 Å². The van der Waals surface area contributed by atoms with Crippen molar-refractivity contribution in [3.8, 4) is 28.4 Å². The largest absolute Gasteiger partial charge is 0.573 e. The SMILES string of the molecule is COc1ccc(-c2cccc(C(=O)N(C)C)c2)cc1S(=O)(=O)Nc1cccc(O[C@H]2CCN(C(=O)c3ccccc3OC(F)(F)F)C2)c1. The lowest BCUT2D eigenvalue weighted by Gasteiger charge is -2.20. The Kier molecular flexibility index (Phi) is 9.85. The first-order valence-corrected chi connectivity index (χ1v) is 16.2. The third-order valence-corrected chi connectivity index (χ3v) is 8.87. The number of carbonyl (C=O) groups is 2. The van der Waals surface area contributed by atoms with Crippen molar-refractivity contribution in [3.05, 3.63) is 102 Å². The Morgan fingerprint density at radius 1 is 0.896 bits per heavy atom. The van der Waals surface area contributed by atoms with Gasteiger partial charge in [-0.15, -0.1) is 13.2 Å². The normalized spacial score (nSPS) is 14.7. The standard InChI is InChI=1S/C34H32F3N3O7S/c1-39(2)32(41)24-9-6-8-22(18-24)23-14-15-30(45-3)31(19-23)48(43,44)38-25-10-7-11-26(20-25)46-27-16-17-40(21-27)33(42)28-12-4-5-13-29(28)47-34(35,36)37/h4-15,18-20,27,38H,16-17,21H2,1-3H3/t27-/m0/s1. The van der Waals surface area contributed by atoms with E-state index in [9.17, 15) is 31.2 Å². The zero-order valence-corrected chi connectivity index (χ0v) is 27.0. The van der Waals surface area contributed by atoms with Gasteiger partial charge in [-0.3, -0.25) is 14.3 Å². The van der Waals surface area contributed by atoms with Crippen LogP contribution in [0.1, 0.15) is 27.1 Å². The van der Waals surface area contributed by atoms with Crippen molar-refractivity contribution in [2.45, 2.75) is 23.8 Å². The summed E-state index contributed by atoms with van der Waals surface area (Å²) in [6, 6.07) is 22.9. The van der Waals surface area contributed by atoms with E-state index < -0.39 is 34.1 Å². The van der Waals surface area contributed by atoms with Gasteiger partial charge in [-0.2, -0.15) is 0 Å². The van der Waals surface area contributed by atoms with Crippen LogP contribution >= 0.6 is 0 Å². The molecule has 0 aliphatic carbocycles. The quantitative estimate of drug-likeness (QED) is 0.216. The molecule has 5 rings (SSSR count). The van der Waals surface area contributed by atoms with E-state index in [0.29, 0.717) is 28.9 Å². The number of sulfonamides is 1. The highest BCUT2D eigenvalue weighted by Crippen LogP contribution is 2.33. The summed E-state index contributed by atoms with van der Waals surface area (Å²) in [4.78, 5) is 28.2. The highest BCUT2D eigenvalue weighted by Gasteiger charge is 2.35. The lowest BCUT2D eigenvalue weighted by Crippen LogP contribution is -2.31. The van der Waals surface area contributed by atoms with Gasteiger partial charge in [0, 0.05) is 38.7 Å². The van der Waals surface area contributed by atoms with Crippen LogP contribution in [0.5, 0.6) is 17.2 Å². The minimum atomic E-state index is -4.95. The molecule has 1 fully saturated rings. The molecule has 1 heterocycles. The van der Waals surface area contributed by atoms with E-state index >= 15 is 0 Å². The number of amides is 2. The van der Waals surface area contributed by atoms with Crippen LogP contribution < -0.4 is 18.9 Å². The van der Waals surface area contributed by atoms with Gasteiger partial charge in [-0.1, -0.05) is 36.4 Å². The van der Waals surface area contributed by atoms with Gasteiger partial charge in [0.25, 0.3) is 21.8 Å². The number of ether oxygens (including phenoxy) is 3. The van der Waals surface area contributed by atoms with Crippen LogP contribution in [0.25, 0.3) is 11.1 Å². The molecule has 1 N–H and O–H groups in total. The number of para-hydroxylation sites is 1. The minimum absolute atomic E-state index is 0.0977. The number of anilines is 1. The molecule has 1 saturated heterocycles. The Bertz CT molecular complexity index is 1930. The number of likely N-dealkylation sites (tertiary alicyclic amines) is 1. The average molecular weight is 684 g/mol. The Hall–Kier alpha value is -5.24. The van der Waals surface area contributed by atoms with E-state index in [1.54, 1.807) is 62.6 Å². The lowest BCUT2D eigenvalue weighted by atomic mass is 10.0. The molecule has 4 aromatic rings. The van der Waals surface area contributed by atoms with E-state index in [-0.39, 0.29) is 40.9 Å². The van der Waals surface area contributed by atoms with E-state index in [4.69, 9.17) is 9.47 Å². The molecule has 1 aliphatic rings. The zero-order chi connectivity index (χ0) is 34.6. The maximum Gasteiger partial charge on any atom is 0.573 e. The number of nitrogens with one attached hydrogen (secondary N) is 1. The Balaban J connectivity index is 1.30. The van der Waals surface area contributed by atoms with Crippen molar-refractivity contribution in [2.75, 3.05) is 39.0 Å². The molecule has 14 heteroatoms. The molecule has 10 nitrogen and oxygen atoms in total. The summed E-state index contributed by atoms with van der Waals surface area (Å²) in [5.74, 6) is -0.987. The number of hydrogen-bond acceptors (Lipinski definition) is 7. The van der Waals surface area contributed by atoms with E-state index in [1.807, 2.05) is 0 Å². The zero-order valence-electron chi connectivity index (χ0n) is 26.2. The van der Waals surface area contributed by atoms with Crippen LogP contribution in [0.15, 0.2) is 95.9 Å². The highest BCUT2D eigenvalue weighted by molar-refractivity contribution is 7.92. The Morgan fingerprint density at radius 2 is 1.62 bits per heavy atom. The van der Waals surface area contributed by atoms with Crippen LogP contribution in [-0.4, -0.2) is 76.8 Å². The monoisotopic (exact) mass is 683 g/mol. The highest BCUT2D eigenvalue weighted by atomic mass is 32.2. The molecule has 0 saturated carbocycles. The van der Waals surface area contributed by atoms with Gasteiger partial charge in [0.05, 0.1) is 24.9 Å². The summed E-state index contributed by atoms with van der Waals surface area (Å²) >= 11 is 0. The number of rotatable bonds is 10. The summed E-state index contributed by atoms with van der Waals surface area (Å²) < 4.78 is 83.8. The fraction of sp³-hybridized carbons (Fsp3) is 0.235. The van der Waals surface area contributed by atoms with Gasteiger partial charge in [0.15, 0.2) is 0 Å². The van der Waals surface area contributed by atoms with Crippen molar-refractivity contribution in [1.29, 1.82) is 0 Å². The van der Waals surface area contributed by atoms with Crippen molar-refractivity contribution >= 4 is 27.5 Å². The number of hydrogen-bond donors (Lipinski definition) is 1. The van der Waals surface area contributed by atoms with Crippen LogP contribution in [0, 0.1) is 0 Å². The van der Waals surface area contributed by atoms with E-state index in [0.717, 1.165) is 6.07 Å². The fourth-order valence-corrected chi connectivity index (χ4v) is 6.47. The maximum absolute atomic E-state index is 13.6. The summed E-state index contributed by atoms with van der Waals surface area (Å²) in [5.41, 5.74) is 1.61. The number of halogens is 3. The third-order valence-electron chi connectivity index (χ3n) is 7.47. The van der Waals surface area contributed by atoms with Crippen LogP contribution in [-0.2, 0) is 10.0 Å². The first-order valence-electron chi connectivity index (χ1n) is 14.7. The molecule has 48 heavy (non-hydrogen) atoms. The number of benzene rings is 4. The molecule has 2 amide bonds. The second-order valence-corrected chi connectivity index (χ2v) is 12.8. The summed E-state index contributed by atoms with van der Waals surface area (Å²) in [6.07, 6.45) is -5.05. The third kappa shape index (κ3) is 8.00. The minimum Gasteiger partial charge on any atom is -0.495 e. The second-order valence-electron chi connectivity index (χ2n) is 11.1. The maximum atomic E-state index is 13.6. The first kappa shape index (κ1) is 34.1. The topological polar surface area (TPSA) is 114 Å². The smallest absolute Gasteiger partial charge is 0.495 e. The molecule has 0 unspecified atom stereocenters. The number of methoxy groups -OCH3 is 1. The molecule has 1 atom stereocenters. The van der Waals surface area contributed by atoms with Crippen LogP contribution in [0.3, 0.4) is 0 Å². The Morgan fingerprint density at radius 3 is 2.35 bits per heavy atom. The van der Waals surface area contributed by atoms with Crippen LogP contribution in [0.2, 0.25) is 0 Å². The Labute approximate surface area is 275 Å². The summed E-state index contributed by atoms with van der Waals surface area (Å²) in [7, 11) is 0.454. The van der Waals surface area contributed by atoms with Gasteiger partial charge in [-0.05, 0) is 59.7 Å². The molecule has 252 valence electrons. The molecule has 0 spiro atoms. The summed E-state index contributed by atoms with van der Waals surface area (Å²) in [5, 5.41) is 0. The first-order chi connectivity index (χ1) is 22.7. The molecular weight excluding hydrogens is 651 g/mol. The van der Waals surface area contributed by atoms with E-state index in [1.165, 1.54) is 53.3 Å². The van der Waals surface area contributed by atoms with Crippen molar-refractivity contribution in [2.24, 2.45) is 0 Å². The molecule has 4 aromatic carbocycles. The number of alkyl halides is 3. The lowest BCUT2D eigenvalue weighted by molar-refractivity contribution is -0.274. The van der Waals surface area contributed by atoms with Gasteiger partial charge >= 0.3 is 6.36 Å². The fourth-order valence-electron chi connectivity index (χ4n) is 5.23. The number of nitrogens with zero attached hydrogens (tertiary/aromatic N) is 2. The van der Waals surface area contributed by atoms with Crippen molar-refractivity contribution < 1.29 is 45.4 Å². The van der Waals surface area contributed by atoms with Gasteiger partial charge in [-0.25, -0.2) is 8.42 Å². The van der Waals surface area contributed by atoms with Crippen molar-refractivity contribution in [1.82, 2.24) is 9.80 Å². The molecule has 1 aliphatic heterocycles. The van der Waals surface area contributed by atoms with Crippen LogP contribution in [0.4, 0.5) is 18.9 Å². The predicted molar refractivity (Wildman–Crippen MR) is 172 cm³/mol. The van der Waals surface area contributed by atoms with E-state index in [2.05, 4.69) is 9.46 Å². The molecule has 0 radical (unpaired) electrons. The van der Waals surface area contributed by atoms with Gasteiger partial charge in [0.2, 0.25) is 0 Å². The average Bonchev–Trinajstić information content (AvgIpc) is 3.51. The molecule has 0 bridgehead atoms. The van der Waals surface area contributed by atoms with Crippen molar-refractivity contribution in [3.63, 3.8) is 0 Å². The molecule has 0 aromatic heterocycles. The summed E-state index contributed by atoms with van der Waals surface area (Å²) in [6.45, 7) is 0.332. The number of carbonyl (C=O) groups excluding carboxylic acids is 2.